The number of aliphatic hydroxyl groups is 1. The molecule has 0 aromatic carbocycles. The Bertz CT molecular complexity index is 543. The van der Waals surface area contributed by atoms with E-state index in [1.54, 1.807) is 0 Å². The summed E-state index contributed by atoms with van der Waals surface area (Å²) in [6.45, 7) is -2.14. The third-order valence-corrected chi connectivity index (χ3v) is 5.39. The summed E-state index contributed by atoms with van der Waals surface area (Å²) in [5.41, 5.74) is -0.232. The number of hydrogen-bond donors (Lipinski definition) is 2. The number of aliphatic hydroxyl groups excluding tert-OH is 1. The lowest BCUT2D eigenvalue weighted by atomic mass is 10.4. The minimum atomic E-state index is -4.22. The molecule has 0 aliphatic heterocycles. The van der Waals surface area contributed by atoms with Gasteiger partial charge in [-0.25, -0.2) is 22.0 Å². The lowest BCUT2D eigenvalue weighted by molar-refractivity contribution is 0.0697. The van der Waals surface area contributed by atoms with Crippen LogP contribution in [0, 0.1) is 0 Å². The second-order valence-electron chi connectivity index (χ2n) is 3.44. The van der Waals surface area contributed by atoms with Gasteiger partial charge in [0.25, 0.3) is 16.4 Å². The lowest BCUT2D eigenvalue weighted by Crippen LogP contribution is -2.36. The van der Waals surface area contributed by atoms with E-state index in [2.05, 4.69) is 0 Å². The molecule has 0 aliphatic carbocycles. The molecule has 10 heteroatoms. The molecule has 0 unspecified atom stereocenters. The average Bonchev–Trinajstić information content (AvgIpc) is 2.77. The Kier molecular flexibility index (Phi) is 5.35. The standard InChI is InChI=1S/C9H11F2NO5S2/c10-7(11)4-12(1-2-13)19(16,17)8-3-6(5-18-8)9(14)15/h3,5,7,13H,1-2,4H2,(H,14,15). The van der Waals surface area contributed by atoms with Gasteiger partial charge >= 0.3 is 5.97 Å². The molecule has 1 rings (SSSR count). The zero-order chi connectivity index (χ0) is 14.6. The summed E-state index contributed by atoms with van der Waals surface area (Å²) in [7, 11) is -4.22. The first-order valence-electron chi connectivity index (χ1n) is 5.00. The molecule has 0 spiro atoms. The summed E-state index contributed by atoms with van der Waals surface area (Å²) in [4.78, 5) is 10.7. The zero-order valence-corrected chi connectivity index (χ0v) is 11.1. The Morgan fingerprint density at radius 2 is 2.11 bits per heavy atom. The van der Waals surface area contributed by atoms with Crippen LogP contribution in [0.5, 0.6) is 0 Å². The summed E-state index contributed by atoms with van der Waals surface area (Å²) in [6, 6.07) is 0.901. The van der Waals surface area contributed by atoms with Crippen LogP contribution in [0.3, 0.4) is 0 Å². The summed E-state index contributed by atoms with van der Waals surface area (Å²) < 4.78 is 48.7. The van der Waals surface area contributed by atoms with E-state index in [-0.39, 0.29) is 9.77 Å². The third-order valence-electron chi connectivity index (χ3n) is 2.11. The van der Waals surface area contributed by atoms with E-state index >= 15 is 0 Å². The Morgan fingerprint density at radius 3 is 2.53 bits per heavy atom. The van der Waals surface area contributed by atoms with Crippen molar-refractivity contribution < 1.29 is 32.2 Å². The molecule has 108 valence electrons. The van der Waals surface area contributed by atoms with Crippen molar-refractivity contribution >= 4 is 27.3 Å². The second-order valence-corrected chi connectivity index (χ2v) is 6.51. The first-order chi connectivity index (χ1) is 8.78. The maximum Gasteiger partial charge on any atom is 0.336 e. The topological polar surface area (TPSA) is 94.9 Å². The molecule has 1 heterocycles. The fourth-order valence-corrected chi connectivity index (χ4v) is 3.98. The molecule has 0 fully saturated rings. The van der Waals surface area contributed by atoms with Crippen LogP contribution >= 0.6 is 11.3 Å². The van der Waals surface area contributed by atoms with E-state index in [1.807, 2.05) is 0 Å². The monoisotopic (exact) mass is 315 g/mol. The molecule has 0 bridgehead atoms. The molecule has 2 N–H and O–H groups in total. The van der Waals surface area contributed by atoms with Crippen molar-refractivity contribution in [3.8, 4) is 0 Å². The van der Waals surface area contributed by atoms with Crippen LogP contribution in [0.25, 0.3) is 0 Å². The smallest absolute Gasteiger partial charge is 0.336 e. The summed E-state index contributed by atoms with van der Waals surface area (Å²) in [6.07, 6.45) is -2.89. The number of rotatable bonds is 7. The van der Waals surface area contributed by atoms with Gasteiger partial charge in [0.2, 0.25) is 0 Å². The van der Waals surface area contributed by atoms with Gasteiger partial charge in [0, 0.05) is 11.9 Å². The Balaban J connectivity index is 3.07. The largest absolute Gasteiger partial charge is 0.478 e. The number of alkyl halides is 2. The fourth-order valence-electron chi connectivity index (χ4n) is 1.27. The van der Waals surface area contributed by atoms with E-state index in [4.69, 9.17) is 10.2 Å². The van der Waals surface area contributed by atoms with Crippen molar-refractivity contribution in [2.75, 3.05) is 19.7 Å². The first-order valence-corrected chi connectivity index (χ1v) is 7.32. The molecular weight excluding hydrogens is 304 g/mol. The predicted molar refractivity (Wildman–Crippen MR) is 63.1 cm³/mol. The van der Waals surface area contributed by atoms with Crippen LogP contribution in [-0.2, 0) is 10.0 Å². The van der Waals surface area contributed by atoms with Crippen molar-refractivity contribution in [1.29, 1.82) is 0 Å². The molecule has 0 aliphatic rings. The SMILES string of the molecule is O=C(O)c1csc(S(=O)(=O)N(CCO)CC(F)F)c1. The molecule has 1 aromatic heterocycles. The molecule has 19 heavy (non-hydrogen) atoms. The average molecular weight is 315 g/mol. The Morgan fingerprint density at radius 1 is 1.47 bits per heavy atom. The Labute approximate surface area is 111 Å². The number of carbonyl (C=O) groups is 1. The summed E-state index contributed by atoms with van der Waals surface area (Å²) in [5.74, 6) is -1.31. The molecular formula is C9H11F2NO5S2. The summed E-state index contributed by atoms with van der Waals surface area (Å²) >= 11 is 0.629. The van der Waals surface area contributed by atoms with Gasteiger partial charge in [0.1, 0.15) is 4.21 Å². The summed E-state index contributed by atoms with van der Waals surface area (Å²) in [5, 5.41) is 18.5. The number of sulfonamides is 1. The number of nitrogens with zero attached hydrogens (tertiary/aromatic N) is 1. The fraction of sp³-hybridized carbons (Fsp3) is 0.444. The number of carboxylic acids is 1. The van der Waals surface area contributed by atoms with Crippen LogP contribution < -0.4 is 0 Å². The maximum absolute atomic E-state index is 12.3. The van der Waals surface area contributed by atoms with Crippen molar-refractivity contribution in [2.24, 2.45) is 0 Å². The van der Waals surface area contributed by atoms with Gasteiger partial charge in [-0.15, -0.1) is 11.3 Å². The number of thiophene rings is 1. The molecule has 0 atom stereocenters. The third kappa shape index (κ3) is 3.93. The first kappa shape index (κ1) is 16.0. The van der Waals surface area contributed by atoms with Gasteiger partial charge in [0.15, 0.2) is 0 Å². The van der Waals surface area contributed by atoms with Gasteiger partial charge < -0.3 is 10.2 Å². The van der Waals surface area contributed by atoms with Crippen molar-refractivity contribution in [3.05, 3.63) is 17.0 Å². The molecule has 0 radical (unpaired) electrons. The normalized spacial score (nSPS) is 12.3. The van der Waals surface area contributed by atoms with Gasteiger partial charge in [-0.2, -0.15) is 4.31 Å². The Hall–Kier alpha value is -1.10. The highest BCUT2D eigenvalue weighted by atomic mass is 32.2. The van der Waals surface area contributed by atoms with Crippen molar-refractivity contribution in [3.63, 3.8) is 0 Å². The number of carboxylic acid groups (broad SMARTS) is 1. The number of hydrogen-bond acceptors (Lipinski definition) is 5. The van der Waals surface area contributed by atoms with E-state index in [0.29, 0.717) is 15.6 Å². The molecule has 0 saturated carbocycles. The van der Waals surface area contributed by atoms with Crippen LogP contribution in [0.15, 0.2) is 15.7 Å². The predicted octanol–water partition coefficient (Wildman–Crippen LogP) is 0.694. The van der Waals surface area contributed by atoms with Crippen molar-refractivity contribution in [2.45, 2.75) is 10.6 Å². The lowest BCUT2D eigenvalue weighted by Gasteiger charge is -2.19. The van der Waals surface area contributed by atoms with Gasteiger partial charge in [-0.3, -0.25) is 0 Å². The van der Waals surface area contributed by atoms with E-state index in [0.717, 1.165) is 11.4 Å². The second kappa shape index (κ2) is 6.37. The number of halogens is 2. The van der Waals surface area contributed by atoms with E-state index < -0.39 is 42.1 Å². The van der Waals surface area contributed by atoms with Gasteiger partial charge in [-0.05, 0) is 6.07 Å². The van der Waals surface area contributed by atoms with E-state index in [9.17, 15) is 22.0 Å². The van der Waals surface area contributed by atoms with Crippen LogP contribution in [0.4, 0.5) is 8.78 Å². The van der Waals surface area contributed by atoms with Gasteiger partial charge in [-0.1, -0.05) is 0 Å². The van der Waals surface area contributed by atoms with Crippen molar-refractivity contribution in [1.82, 2.24) is 4.31 Å². The molecule has 0 saturated heterocycles. The molecule has 1 aromatic rings. The minimum absolute atomic E-state index is 0.232. The zero-order valence-electron chi connectivity index (χ0n) is 9.49. The highest BCUT2D eigenvalue weighted by Gasteiger charge is 2.28. The highest BCUT2D eigenvalue weighted by molar-refractivity contribution is 7.91. The van der Waals surface area contributed by atoms with Gasteiger partial charge in [0.05, 0.1) is 18.7 Å². The minimum Gasteiger partial charge on any atom is -0.478 e. The highest BCUT2D eigenvalue weighted by Crippen LogP contribution is 2.24. The molecule has 6 nitrogen and oxygen atoms in total. The number of aromatic carboxylic acids is 1. The maximum atomic E-state index is 12.3. The van der Waals surface area contributed by atoms with Crippen LogP contribution in [0.2, 0.25) is 0 Å². The van der Waals surface area contributed by atoms with E-state index in [1.165, 1.54) is 0 Å². The molecule has 0 amide bonds. The van der Waals surface area contributed by atoms with Crippen LogP contribution in [0.1, 0.15) is 10.4 Å². The van der Waals surface area contributed by atoms with Crippen LogP contribution in [-0.4, -0.2) is 55.0 Å². The quantitative estimate of drug-likeness (QED) is 0.772.